The summed E-state index contributed by atoms with van der Waals surface area (Å²) >= 11 is 0. The van der Waals surface area contributed by atoms with Crippen molar-refractivity contribution in [3.8, 4) is 0 Å². The SMILES string of the molecule is CC(=O)NCC1CN(c2ccc(N3CCC(F)(n4cnnn4)CC3)c(F)c2)C(=O)O1. The highest BCUT2D eigenvalue weighted by molar-refractivity contribution is 5.90. The number of carbonyl (C=O) groups excluding carboxylic acids is 2. The lowest BCUT2D eigenvalue weighted by Gasteiger charge is -2.37. The summed E-state index contributed by atoms with van der Waals surface area (Å²) in [6, 6.07) is 4.45. The van der Waals surface area contributed by atoms with E-state index in [-0.39, 0.29) is 44.9 Å². The molecule has 3 heterocycles. The zero-order valence-corrected chi connectivity index (χ0v) is 16.3. The maximum absolute atomic E-state index is 15.0. The predicted octanol–water partition coefficient (Wildman–Crippen LogP) is 1.20. The zero-order valence-electron chi connectivity index (χ0n) is 16.3. The van der Waals surface area contributed by atoms with E-state index in [1.54, 1.807) is 17.0 Å². The highest BCUT2D eigenvalue weighted by atomic mass is 19.1. The van der Waals surface area contributed by atoms with Crippen molar-refractivity contribution in [1.29, 1.82) is 0 Å². The van der Waals surface area contributed by atoms with Gasteiger partial charge in [-0.25, -0.2) is 13.6 Å². The van der Waals surface area contributed by atoms with Crippen LogP contribution in [0.3, 0.4) is 0 Å². The van der Waals surface area contributed by atoms with Gasteiger partial charge in [-0.1, -0.05) is 0 Å². The molecule has 0 bridgehead atoms. The topological polar surface area (TPSA) is 105 Å². The number of rotatable bonds is 5. The molecule has 0 aliphatic carbocycles. The summed E-state index contributed by atoms with van der Waals surface area (Å²) < 4.78 is 36.1. The van der Waals surface area contributed by atoms with Gasteiger partial charge in [0, 0.05) is 32.9 Å². The molecule has 1 aromatic carbocycles. The molecule has 1 aromatic heterocycles. The summed E-state index contributed by atoms with van der Waals surface area (Å²) in [5.74, 6) is -2.43. The molecule has 1 atom stereocenters. The van der Waals surface area contributed by atoms with Crippen LogP contribution in [-0.2, 0) is 15.3 Å². The van der Waals surface area contributed by atoms with Crippen molar-refractivity contribution in [2.45, 2.75) is 31.7 Å². The Hall–Kier alpha value is -3.31. The number of hydrogen-bond acceptors (Lipinski definition) is 7. The van der Waals surface area contributed by atoms with Crippen molar-refractivity contribution >= 4 is 23.4 Å². The van der Waals surface area contributed by atoms with Crippen LogP contribution in [-0.4, -0.2) is 64.5 Å². The number of hydrogen-bond donors (Lipinski definition) is 1. The van der Waals surface area contributed by atoms with Crippen LogP contribution in [0.15, 0.2) is 24.5 Å². The first kappa shape index (κ1) is 20.0. The van der Waals surface area contributed by atoms with Crippen LogP contribution < -0.4 is 15.1 Å². The van der Waals surface area contributed by atoms with Gasteiger partial charge in [0.2, 0.25) is 11.7 Å². The van der Waals surface area contributed by atoms with Crippen LogP contribution >= 0.6 is 0 Å². The molecule has 4 rings (SSSR count). The summed E-state index contributed by atoms with van der Waals surface area (Å²) in [5, 5.41) is 13.2. The highest BCUT2D eigenvalue weighted by Gasteiger charge is 2.38. The Kier molecular flexibility index (Phi) is 5.22. The second-order valence-corrected chi connectivity index (χ2v) is 7.35. The number of nitrogens with zero attached hydrogens (tertiary/aromatic N) is 6. The molecular weight excluding hydrogens is 400 g/mol. The fraction of sp³-hybridized carbons (Fsp3) is 0.500. The van der Waals surface area contributed by atoms with E-state index < -0.39 is 23.8 Å². The number of anilines is 2. The van der Waals surface area contributed by atoms with E-state index in [4.69, 9.17) is 4.74 Å². The van der Waals surface area contributed by atoms with Crippen LogP contribution in [0.5, 0.6) is 0 Å². The third-order valence-electron chi connectivity index (χ3n) is 5.33. The van der Waals surface area contributed by atoms with Gasteiger partial charge in [0.15, 0.2) is 0 Å². The number of amides is 2. The average molecular weight is 421 g/mol. The smallest absolute Gasteiger partial charge is 0.414 e. The van der Waals surface area contributed by atoms with E-state index in [1.165, 1.54) is 24.2 Å². The molecular formula is C18H21F2N7O3. The largest absolute Gasteiger partial charge is 0.442 e. The first-order valence-electron chi connectivity index (χ1n) is 9.55. The minimum absolute atomic E-state index is 0.114. The fourth-order valence-electron chi connectivity index (χ4n) is 3.68. The van der Waals surface area contributed by atoms with Gasteiger partial charge in [0.05, 0.1) is 24.5 Å². The van der Waals surface area contributed by atoms with Crippen molar-refractivity contribution < 1.29 is 23.1 Å². The molecule has 160 valence electrons. The molecule has 2 saturated heterocycles. The molecule has 2 aliphatic heterocycles. The lowest BCUT2D eigenvalue weighted by atomic mass is 10.0. The van der Waals surface area contributed by atoms with E-state index >= 15 is 4.39 Å². The summed E-state index contributed by atoms with van der Waals surface area (Å²) in [4.78, 5) is 26.2. The summed E-state index contributed by atoms with van der Waals surface area (Å²) in [5.41, 5.74) is 0.692. The van der Waals surface area contributed by atoms with Crippen LogP contribution in [0.1, 0.15) is 19.8 Å². The van der Waals surface area contributed by atoms with Gasteiger partial charge in [-0.2, -0.15) is 4.68 Å². The molecule has 2 amide bonds. The molecule has 2 aromatic rings. The zero-order chi connectivity index (χ0) is 21.3. The predicted molar refractivity (Wildman–Crippen MR) is 101 cm³/mol. The first-order valence-corrected chi connectivity index (χ1v) is 9.55. The fourth-order valence-corrected chi connectivity index (χ4v) is 3.68. The number of alkyl halides is 1. The Morgan fingerprint density at radius 3 is 2.77 bits per heavy atom. The lowest BCUT2D eigenvalue weighted by Crippen LogP contribution is -2.44. The van der Waals surface area contributed by atoms with Gasteiger partial charge < -0.3 is 15.0 Å². The normalized spacial score (nSPS) is 20.9. The number of carbonyl (C=O) groups is 2. The number of aromatic nitrogens is 4. The Morgan fingerprint density at radius 1 is 1.37 bits per heavy atom. The van der Waals surface area contributed by atoms with Crippen LogP contribution in [0.4, 0.5) is 25.0 Å². The van der Waals surface area contributed by atoms with Crippen molar-refractivity contribution in [3.63, 3.8) is 0 Å². The minimum atomic E-state index is -1.70. The van der Waals surface area contributed by atoms with Crippen LogP contribution in [0.2, 0.25) is 0 Å². The molecule has 10 nitrogen and oxygen atoms in total. The number of tetrazole rings is 1. The number of piperidine rings is 1. The molecule has 2 aliphatic rings. The average Bonchev–Trinajstić information content (AvgIpc) is 3.38. The van der Waals surface area contributed by atoms with Gasteiger partial charge in [-0.15, -0.1) is 5.10 Å². The number of benzene rings is 1. The van der Waals surface area contributed by atoms with Gasteiger partial charge >= 0.3 is 6.09 Å². The molecule has 0 saturated carbocycles. The molecule has 0 spiro atoms. The number of ether oxygens (including phenoxy) is 1. The van der Waals surface area contributed by atoms with Crippen LogP contribution in [0.25, 0.3) is 0 Å². The monoisotopic (exact) mass is 421 g/mol. The standard InChI is InChI=1S/C18H21F2N7O3/c1-12(28)21-9-14-10-26(17(29)30-14)13-2-3-16(15(19)8-13)25-6-4-18(20,5-7-25)27-11-22-23-24-27/h2-3,8,11,14H,4-7,9-10H2,1H3,(H,21,28). The Morgan fingerprint density at radius 2 is 2.13 bits per heavy atom. The van der Waals surface area contributed by atoms with Crippen molar-refractivity contribution in [2.75, 3.05) is 36.0 Å². The maximum Gasteiger partial charge on any atom is 0.414 e. The van der Waals surface area contributed by atoms with Gasteiger partial charge in [-0.3, -0.25) is 9.69 Å². The Labute approximate surface area is 170 Å². The van der Waals surface area contributed by atoms with E-state index in [2.05, 4.69) is 20.8 Å². The first-order chi connectivity index (χ1) is 14.4. The van der Waals surface area contributed by atoms with E-state index in [9.17, 15) is 14.0 Å². The third kappa shape index (κ3) is 3.89. The van der Waals surface area contributed by atoms with Crippen molar-refractivity contribution in [2.24, 2.45) is 0 Å². The van der Waals surface area contributed by atoms with E-state index in [1.807, 2.05) is 0 Å². The quantitative estimate of drug-likeness (QED) is 0.773. The maximum atomic E-state index is 15.0. The summed E-state index contributed by atoms with van der Waals surface area (Å²) in [6.45, 7) is 2.35. The molecule has 0 radical (unpaired) electrons. The van der Waals surface area contributed by atoms with E-state index in [0.29, 0.717) is 11.4 Å². The molecule has 1 unspecified atom stereocenters. The molecule has 2 fully saturated rings. The second kappa shape index (κ2) is 7.84. The number of cyclic esters (lactones) is 1. The minimum Gasteiger partial charge on any atom is -0.442 e. The molecule has 12 heteroatoms. The molecule has 30 heavy (non-hydrogen) atoms. The Balaban J connectivity index is 1.42. The van der Waals surface area contributed by atoms with Gasteiger partial charge in [0.25, 0.3) is 0 Å². The van der Waals surface area contributed by atoms with Gasteiger partial charge in [0.1, 0.15) is 18.2 Å². The van der Waals surface area contributed by atoms with Crippen LogP contribution in [0, 0.1) is 5.82 Å². The number of nitrogens with one attached hydrogen (secondary N) is 1. The van der Waals surface area contributed by atoms with Gasteiger partial charge in [-0.05, 0) is 28.6 Å². The highest BCUT2D eigenvalue weighted by Crippen LogP contribution is 2.35. The van der Waals surface area contributed by atoms with Crippen molar-refractivity contribution in [1.82, 2.24) is 25.5 Å². The summed E-state index contributed by atoms with van der Waals surface area (Å²) in [6.07, 6.45) is 0.360. The van der Waals surface area contributed by atoms with E-state index in [0.717, 1.165) is 4.68 Å². The Bertz CT molecular complexity index is 932. The third-order valence-corrected chi connectivity index (χ3v) is 5.33. The number of halogens is 2. The molecule has 1 N–H and O–H groups in total. The summed E-state index contributed by atoms with van der Waals surface area (Å²) in [7, 11) is 0. The van der Waals surface area contributed by atoms with Crippen molar-refractivity contribution in [3.05, 3.63) is 30.3 Å². The lowest BCUT2D eigenvalue weighted by molar-refractivity contribution is -0.119. The second-order valence-electron chi connectivity index (χ2n) is 7.35.